The maximum atomic E-state index is 13.5. The number of hydrogen-bond donors (Lipinski definition) is 2. The van der Waals surface area contributed by atoms with Crippen molar-refractivity contribution in [3.8, 4) is 11.5 Å². The molecule has 9 heteroatoms. The van der Waals surface area contributed by atoms with Crippen molar-refractivity contribution in [1.29, 1.82) is 0 Å². The van der Waals surface area contributed by atoms with Gasteiger partial charge in [-0.05, 0) is 57.9 Å². The Morgan fingerprint density at radius 1 is 0.932 bits per heavy atom. The van der Waals surface area contributed by atoms with E-state index < -0.39 is 29.9 Å². The molecule has 1 aliphatic heterocycles. The standard InChI is InChI=1S/C35H48N2O7/c1-5-6-21-42-30-19-13-12-18-29(30)33-31(34(39)41-4)25(2)37-26(3)32(33)35(40)43-22-15-8-7-14-20-36-23-27(38)24-44-28-16-10-9-11-17-28/h9-13,16-19,27,31,33,36,38H,5-8,14-15,20-24H2,1-4H3. The van der Waals surface area contributed by atoms with E-state index in [4.69, 9.17) is 18.9 Å². The molecule has 9 nitrogen and oxygen atoms in total. The summed E-state index contributed by atoms with van der Waals surface area (Å²) in [6, 6.07) is 17.0. The second-order valence-corrected chi connectivity index (χ2v) is 11.0. The van der Waals surface area contributed by atoms with E-state index in [1.807, 2.05) is 54.6 Å². The third-order valence-corrected chi connectivity index (χ3v) is 7.56. The molecule has 0 spiro atoms. The largest absolute Gasteiger partial charge is 0.493 e. The van der Waals surface area contributed by atoms with Gasteiger partial charge < -0.3 is 29.4 Å². The molecule has 0 aromatic heterocycles. The maximum absolute atomic E-state index is 13.5. The molecule has 44 heavy (non-hydrogen) atoms. The summed E-state index contributed by atoms with van der Waals surface area (Å²) in [7, 11) is 1.34. The normalized spacial score (nSPS) is 17.1. The number of nitrogens with zero attached hydrogens (tertiary/aromatic N) is 1. The van der Waals surface area contributed by atoms with Crippen LogP contribution in [0.2, 0.25) is 0 Å². The number of carbonyl (C=O) groups excluding carboxylic acids is 2. The first-order valence-electron chi connectivity index (χ1n) is 15.7. The highest BCUT2D eigenvalue weighted by atomic mass is 16.5. The van der Waals surface area contributed by atoms with Crippen molar-refractivity contribution in [3.05, 3.63) is 71.4 Å². The van der Waals surface area contributed by atoms with Gasteiger partial charge in [0.1, 0.15) is 30.1 Å². The van der Waals surface area contributed by atoms with Crippen LogP contribution in [-0.4, -0.2) is 68.9 Å². The lowest BCUT2D eigenvalue weighted by Gasteiger charge is -2.32. The highest BCUT2D eigenvalue weighted by Crippen LogP contribution is 2.43. The average Bonchev–Trinajstić information content (AvgIpc) is 3.03. The molecule has 2 N–H and O–H groups in total. The lowest BCUT2D eigenvalue weighted by Crippen LogP contribution is -2.36. The van der Waals surface area contributed by atoms with Crippen LogP contribution in [0.3, 0.4) is 0 Å². The SMILES string of the molecule is CCCCOc1ccccc1C1C(C(=O)OCCCCCCNCC(O)COc2ccccc2)=C(C)N=C(C)C1C(=O)OC. The van der Waals surface area contributed by atoms with Crippen molar-refractivity contribution >= 4 is 17.7 Å². The first-order valence-corrected chi connectivity index (χ1v) is 15.7. The quantitative estimate of drug-likeness (QED) is 0.156. The molecule has 2 aromatic carbocycles. The Kier molecular flexibility index (Phi) is 14.9. The molecular formula is C35H48N2O7. The van der Waals surface area contributed by atoms with E-state index in [9.17, 15) is 14.7 Å². The molecule has 0 fully saturated rings. The van der Waals surface area contributed by atoms with Crippen LogP contribution in [0.25, 0.3) is 0 Å². The van der Waals surface area contributed by atoms with Crippen molar-refractivity contribution in [2.45, 2.75) is 71.3 Å². The molecule has 0 aliphatic carbocycles. The number of nitrogens with one attached hydrogen (secondary N) is 1. The summed E-state index contributed by atoms with van der Waals surface area (Å²) in [6.45, 7) is 7.94. The summed E-state index contributed by atoms with van der Waals surface area (Å²) in [6.07, 6.45) is 4.81. The molecule has 3 rings (SSSR count). The number of aliphatic imine (C=N–C) groups is 1. The zero-order valence-electron chi connectivity index (χ0n) is 26.6. The monoisotopic (exact) mass is 608 g/mol. The smallest absolute Gasteiger partial charge is 0.336 e. The summed E-state index contributed by atoms with van der Waals surface area (Å²) < 4.78 is 22.6. The van der Waals surface area contributed by atoms with E-state index in [1.165, 1.54) is 7.11 Å². The second-order valence-electron chi connectivity index (χ2n) is 11.0. The molecule has 2 aromatic rings. The molecule has 0 saturated carbocycles. The molecule has 3 atom stereocenters. The van der Waals surface area contributed by atoms with Crippen LogP contribution in [0, 0.1) is 5.92 Å². The number of allylic oxidation sites excluding steroid dienone is 1. The van der Waals surface area contributed by atoms with Gasteiger partial charge in [-0.25, -0.2) is 4.79 Å². The summed E-state index contributed by atoms with van der Waals surface area (Å²) in [5, 5.41) is 13.4. The molecule has 1 aliphatic rings. The molecule has 0 bridgehead atoms. The number of rotatable bonds is 19. The van der Waals surface area contributed by atoms with Gasteiger partial charge in [0, 0.05) is 29.4 Å². The zero-order valence-corrected chi connectivity index (χ0v) is 26.6. The van der Waals surface area contributed by atoms with E-state index in [0.717, 1.165) is 56.4 Å². The van der Waals surface area contributed by atoms with Crippen LogP contribution >= 0.6 is 0 Å². The van der Waals surface area contributed by atoms with Gasteiger partial charge in [-0.3, -0.25) is 9.79 Å². The summed E-state index contributed by atoms with van der Waals surface area (Å²) in [5.41, 5.74) is 2.22. The number of aliphatic hydroxyl groups excluding tert-OH is 1. The predicted molar refractivity (Wildman–Crippen MR) is 171 cm³/mol. The maximum Gasteiger partial charge on any atom is 0.336 e. The number of para-hydroxylation sites is 2. The molecule has 1 heterocycles. The molecular weight excluding hydrogens is 560 g/mol. The fourth-order valence-corrected chi connectivity index (χ4v) is 5.25. The first-order chi connectivity index (χ1) is 21.4. The van der Waals surface area contributed by atoms with Crippen molar-refractivity contribution < 1.29 is 33.6 Å². The van der Waals surface area contributed by atoms with Crippen LogP contribution in [0.4, 0.5) is 0 Å². The zero-order chi connectivity index (χ0) is 31.7. The Hall–Kier alpha value is -3.69. The minimum absolute atomic E-state index is 0.238. The fourth-order valence-electron chi connectivity index (χ4n) is 5.25. The minimum Gasteiger partial charge on any atom is -0.493 e. The van der Waals surface area contributed by atoms with Crippen LogP contribution < -0.4 is 14.8 Å². The van der Waals surface area contributed by atoms with Crippen LogP contribution in [0.15, 0.2) is 70.9 Å². The number of hydrogen-bond acceptors (Lipinski definition) is 9. The van der Waals surface area contributed by atoms with Crippen molar-refractivity contribution in [1.82, 2.24) is 5.32 Å². The van der Waals surface area contributed by atoms with Crippen molar-refractivity contribution in [3.63, 3.8) is 0 Å². The van der Waals surface area contributed by atoms with Crippen LogP contribution in [0.5, 0.6) is 11.5 Å². The minimum atomic E-state index is -0.766. The molecule has 240 valence electrons. The lowest BCUT2D eigenvalue weighted by atomic mass is 9.75. The summed E-state index contributed by atoms with van der Waals surface area (Å²) in [5.74, 6) is -0.956. The van der Waals surface area contributed by atoms with E-state index in [-0.39, 0.29) is 13.2 Å². The number of aliphatic hydroxyl groups is 1. The highest BCUT2D eigenvalue weighted by Gasteiger charge is 2.43. The number of esters is 2. The Morgan fingerprint density at radius 3 is 2.41 bits per heavy atom. The topological polar surface area (TPSA) is 116 Å². The molecule has 3 unspecified atom stereocenters. The first kappa shape index (κ1) is 34.8. The van der Waals surface area contributed by atoms with Gasteiger partial charge in [0.15, 0.2) is 0 Å². The Bertz CT molecular complexity index is 1240. The average molecular weight is 609 g/mol. The molecule has 0 saturated heterocycles. The van der Waals surface area contributed by atoms with Crippen LogP contribution in [-0.2, 0) is 19.1 Å². The van der Waals surface area contributed by atoms with Gasteiger partial charge in [-0.2, -0.15) is 0 Å². The van der Waals surface area contributed by atoms with E-state index in [0.29, 0.717) is 35.9 Å². The Balaban J connectivity index is 1.50. The number of benzene rings is 2. The van der Waals surface area contributed by atoms with Crippen molar-refractivity contribution in [2.75, 3.05) is 40.0 Å². The third-order valence-electron chi connectivity index (χ3n) is 7.56. The van der Waals surface area contributed by atoms with E-state index in [1.54, 1.807) is 13.8 Å². The lowest BCUT2D eigenvalue weighted by molar-refractivity contribution is -0.144. The Labute approximate surface area is 261 Å². The van der Waals surface area contributed by atoms with E-state index in [2.05, 4.69) is 17.2 Å². The van der Waals surface area contributed by atoms with Gasteiger partial charge in [0.05, 0.1) is 25.9 Å². The Morgan fingerprint density at radius 2 is 1.66 bits per heavy atom. The third kappa shape index (κ3) is 10.5. The molecule has 0 amide bonds. The van der Waals surface area contributed by atoms with Gasteiger partial charge in [-0.15, -0.1) is 0 Å². The highest BCUT2D eigenvalue weighted by molar-refractivity contribution is 6.07. The number of carbonyl (C=O) groups is 2. The molecule has 0 radical (unpaired) electrons. The number of unbranched alkanes of at least 4 members (excludes halogenated alkanes) is 4. The van der Waals surface area contributed by atoms with Crippen LogP contribution in [0.1, 0.15) is 70.8 Å². The van der Waals surface area contributed by atoms with Gasteiger partial charge in [0.2, 0.25) is 0 Å². The number of methoxy groups -OCH3 is 1. The van der Waals surface area contributed by atoms with Crippen molar-refractivity contribution in [2.24, 2.45) is 10.9 Å². The van der Waals surface area contributed by atoms with Gasteiger partial charge in [-0.1, -0.05) is 62.6 Å². The fraction of sp³-hybridized carbons (Fsp3) is 0.514. The van der Waals surface area contributed by atoms with E-state index >= 15 is 0 Å². The summed E-state index contributed by atoms with van der Waals surface area (Å²) >= 11 is 0. The number of ether oxygens (including phenoxy) is 4. The van der Waals surface area contributed by atoms with Gasteiger partial charge >= 0.3 is 11.9 Å². The summed E-state index contributed by atoms with van der Waals surface area (Å²) in [4.78, 5) is 31.1. The van der Waals surface area contributed by atoms with Gasteiger partial charge in [0.25, 0.3) is 0 Å². The predicted octanol–water partition coefficient (Wildman–Crippen LogP) is 5.62. The second kappa shape index (κ2) is 18.9.